The van der Waals surface area contributed by atoms with E-state index in [1.54, 1.807) is 41.5 Å². The molecule has 4 atom stereocenters. The maximum absolute atomic E-state index is 13.1. The van der Waals surface area contributed by atoms with E-state index in [0.29, 0.717) is 25.9 Å². The lowest BCUT2D eigenvalue weighted by molar-refractivity contribution is 0.0108. The second kappa shape index (κ2) is 10.6. The van der Waals surface area contributed by atoms with Crippen LogP contribution in [0.25, 0.3) is 0 Å². The summed E-state index contributed by atoms with van der Waals surface area (Å²) in [5, 5.41) is 0. The number of amides is 2. The van der Waals surface area contributed by atoms with Crippen molar-refractivity contribution in [2.75, 3.05) is 26.2 Å². The highest BCUT2D eigenvalue weighted by atomic mass is 19.1. The van der Waals surface area contributed by atoms with E-state index in [-0.39, 0.29) is 25.2 Å². The summed E-state index contributed by atoms with van der Waals surface area (Å²) >= 11 is 0. The quantitative estimate of drug-likeness (QED) is 0.604. The van der Waals surface area contributed by atoms with Crippen LogP contribution in [0.1, 0.15) is 54.4 Å². The number of hydrogen-bond acceptors (Lipinski definition) is 6. The monoisotopic (exact) mass is 436 g/mol. The van der Waals surface area contributed by atoms with Gasteiger partial charge in [-0.15, -0.1) is 0 Å². The van der Waals surface area contributed by atoms with Crippen LogP contribution < -0.4 is 11.5 Å². The van der Waals surface area contributed by atoms with Gasteiger partial charge in [0, 0.05) is 25.2 Å². The molecule has 0 aromatic carbocycles. The van der Waals surface area contributed by atoms with Crippen LogP contribution in [0.3, 0.4) is 0 Å². The Bertz CT molecular complexity index is 510. The number of nitrogens with two attached hydrogens (primary N) is 2. The zero-order chi connectivity index (χ0) is 23.3. The molecule has 2 amide bonds. The molecule has 2 heterocycles. The molecule has 0 saturated carbocycles. The summed E-state index contributed by atoms with van der Waals surface area (Å²) in [6, 6.07) is -0.581. The molecule has 4 N–H and O–H groups in total. The minimum absolute atomic E-state index is 0.0859. The van der Waals surface area contributed by atoms with E-state index in [0.717, 1.165) is 0 Å². The predicted molar refractivity (Wildman–Crippen MR) is 111 cm³/mol. The number of nitrogens with zero attached hydrogens (tertiary/aromatic N) is 2. The van der Waals surface area contributed by atoms with E-state index >= 15 is 0 Å². The van der Waals surface area contributed by atoms with Crippen LogP contribution in [-0.2, 0) is 9.47 Å². The van der Waals surface area contributed by atoms with E-state index in [1.165, 1.54) is 9.80 Å². The highest BCUT2D eigenvalue weighted by Crippen LogP contribution is 2.17. The second-order valence-electron chi connectivity index (χ2n) is 9.96. The highest BCUT2D eigenvalue weighted by molar-refractivity contribution is 5.68. The highest BCUT2D eigenvalue weighted by Gasteiger charge is 2.32. The molecule has 2 saturated heterocycles. The number of piperidine rings is 2. The maximum Gasteiger partial charge on any atom is 0.410 e. The number of alkyl halides is 2. The van der Waals surface area contributed by atoms with Gasteiger partial charge in [-0.2, -0.15) is 0 Å². The van der Waals surface area contributed by atoms with E-state index in [9.17, 15) is 18.4 Å². The molecule has 0 aliphatic carbocycles. The zero-order valence-corrected chi connectivity index (χ0v) is 19.0. The molecule has 176 valence electrons. The summed E-state index contributed by atoms with van der Waals surface area (Å²) in [6.07, 6.45) is -2.42. The summed E-state index contributed by atoms with van der Waals surface area (Å²) in [6.45, 7) is 11.6. The Hall–Kier alpha value is -1.68. The van der Waals surface area contributed by atoms with Crippen molar-refractivity contribution in [3.05, 3.63) is 0 Å². The van der Waals surface area contributed by atoms with Gasteiger partial charge in [-0.05, 0) is 54.4 Å². The molecule has 2 rings (SSSR count). The van der Waals surface area contributed by atoms with Crippen LogP contribution in [0.4, 0.5) is 18.4 Å². The number of carbonyl (C=O) groups is 2. The van der Waals surface area contributed by atoms with Crippen molar-refractivity contribution in [1.29, 1.82) is 0 Å². The predicted octanol–water partition coefficient (Wildman–Crippen LogP) is 2.59. The van der Waals surface area contributed by atoms with Crippen LogP contribution in [-0.4, -0.2) is 83.8 Å². The van der Waals surface area contributed by atoms with Gasteiger partial charge in [0.2, 0.25) is 0 Å². The molecule has 2 aliphatic heterocycles. The molecule has 30 heavy (non-hydrogen) atoms. The summed E-state index contributed by atoms with van der Waals surface area (Å²) in [4.78, 5) is 25.8. The molecule has 2 aliphatic rings. The van der Waals surface area contributed by atoms with Crippen LogP contribution in [0.2, 0.25) is 0 Å². The van der Waals surface area contributed by atoms with Gasteiger partial charge in [-0.3, -0.25) is 0 Å². The van der Waals surface area contributed by atoms with Gasteiger partial charge in [0.1, 0.15) is 23.5 Å². The molecule has 8 nitrogen and oxygen atoms in total. The molecule has 0 radical (unpaired) electrons. The topological polar surface area (TPSA) is 111 Å². The number of halogens is 2. The normalized spacial score (nSPS) is 27.7. The number of ether oxygens (including phenoxy) is 2. The van der Waals surface area contributed by atoms with E-state index in [4.69, 9.17) is 20.9 Å². The van der Waals surface area contributed by atoms with Crippen LogP contribution in [0, 0.1) is 0 Å². The van der Waals surface area contributed by atoms with Crippen molar-refractivity contribution in [2.45, 2.75) is 90.0 Å². The first-order chi connectivity index (χ1) is 13.6. The van der Waals surface area contributed by atoms with Gasteiger partial charge in [0.05, 0.1) is 13.1 Å². The van der Waals surface area contributed by atoms with E-state index < -0.39 is 35.7 Å². The molecule has 0 unspecified atom stereocenters. The zero-order valence-electron chi connectivity index (χ0n) is 19.0. The third kappa shape index (κ3) is 10.4. The fraction of sp³-hybridized carbons (Fsp3) is 0.900. The van der Waals surface area contributed by atoms with Crippen LogP contribution >= 0.6 is 0 Å². The van der Waals surface area contributed by atoms with Crippen molar-refractivity contribution < 1.29 is 27.8 Å². The van der Waals surface area contributed by atoms with Gasteiger partial charge < -0.3 is 30.7 Å². The first kappa shape index (κ1) is 26.4. The molecular weight excluding hydrogens is 398 g/mol. The van der Waals surface area contributed by atoms with Crippen LogP contribution in [0.5, 0.6) is 0 Å². The molecule has 0 spiro atoms. The van der Waals surface area contributed by atoms with Crippen molar-refractivity contribution in [2.24, 2.45) is 11.5 Å². The number of rotatable bonds is 0. The molecular formula is C20H38F2N4O4. The van der Waals surface area contributed by atoms with Gasteiger partial charge in [0.15, 0.2) is 0 Å². The summed E-state index contributed by atoms with van der Waals surface area (Å²) < 4.78 is 36.6. The Balaban J connectivity index is 0.000000300. The molecule has 0 aromatic heterocycles. The fourth-order valence-corrected chi connectivity index (χ4v) is 3.10. The summed E-state index contributed by atoms with van der Waals surface area (Å²) in [5.41, 5.74) is 10.2. The first-order valence-electron chi connectivity index (χ1n) is 10.3. The van der Waals surface area contributed by atoms with Crippen molar-refractivity contribution in [1.82, 2.24) is 9.80 Å². The third-order valence-electron chi connectivity index (χ3n) is 4.17. The molecule has 0 aromatic rings. The van der Waals surface area contributed by atoms with Crippen molar-refractivity contribution in [3.8, 4) is 0 Å². The van der Waals surface area contributed by atoms with Crippen molar-refractivity contribution >= 4 is 12.2 Å². The summed E-state index contributed by atoms with van der Waals surface area (Å²) in [7, 11) is 0. The molecule has 0 bridgehead atoms. The number of likely N-dealkylation sites (tertiary alicyclic amines) is 2. The lowest BCUT2D eigenvalue weighted by Crippen LogP contribution is -2.51. The van der Waals surface area contributed by atoms with Gasteiger partial charge in [0.25, 0.3) is 0 Å². The average Bonchev–Trinajstić information content (AvgIpc) is 2.50. The smallest absolute Gasteiger partial charge is 0.410 e. The third-order valence-corrected chi connectivity index (χ3v) is 4.17. The minimum Gasteiger partial charge on any atom is -0.444 e. The molecule has 2 fully saturated rings. The number of hydrogen-bond donors (Lipinski definition) is 2. The van der Waals surface area contributed by atoms with E-state index in [2.05, 4.69) is 0 Å². The number of carbonyl (C=O) groups excluding carboxylic acids is 2. The fourth-order valence-electron chi connectivity index (χ4n) is 3.10. The van der Waals surface area contributed by atoms with Gasteiger partial charge in [-0.25, -0.2) is 18.4 Å². The Labute approximate surface area is 178 Å². The Kier molecular flexibility index (Phi) is 9.28. The molecule has 10 heteroatoms. The lowest BCUT2D eigenvalue weighted by atomic mass is 10.1. The largest absolute Gasteiger partial charge is 0.444 e. The van der Waals surface area contributed by atoms with Crippen molar-refractivity contribution in [3.63, 3.8) is 0 Å². The van der Waals surface area contributed by atoms with Gasteiger partial charge in [-0.1, -0.05) is 0 Å². The standard InChI is InChI=1S/2C10H19FN2O2/c2*1-10(2,3)15-9(14)13-5-7(11)4-8(12)6-13/h2*7-8H,4-6,12H2,1-3H3/t2*7-,8+/m10/s1. The van der Waals surface area contributed by atoms with Crippen LogP contribution in [0.15, 0.2) is 0 Å². The average molecular weight is 437 g/mol. The SMILES string of the molecule is CC(C)(C)OC(=O)N1C[C@@H](N)C[C@@H](F)C1.CC(C)(C)OC(=O)N1C[C@H](N)C[C@H](F)C1. The first-order valence-corrected chi connectivity index (χ1v) is 10.3. The Morgan fingerprint density at radius 1 is 0.733 bits per heavy atom. The van der Waals surface area contributed by atoms with Gasteiger partial charge >= 0.3 is 12.2 Å². The second-order valence-corrected chi connectivity index (χ2v) is 9.96. The minimum atomic E-state index is -1.04. The maximum atomic E-state index is 13.1. The Morgan fingerprint density at radius 3 is 1.27 bits per heavy atom. The lowest BCUT2D eigenvalue weighted by Gasteiger charge is -2.34. The summed E-state index contributed by atoms with van der Waals surface area (Å²) in [5.74, 6) is 0. The Morgan fingerprint density at radius 2 is 1.03 bits per heavy atom. The van der Waals surface area contributed by atoms with E-state index in [1.807, 2.05) is 0 Å².